The van der Waals surface area contributed by atoms with Gasteiger partial charge in [-0.1, -0.05) is 56.0 Å². The average molecular weight is 387 g/mol. The number of amides is 3. The van der Waals surface area contributed by atoms with Gasteiger partial charge in [0.05, 0.1) is 18.9 Å². The highest BCUT2D eigenvalue weighted by Crippen LogP contribution is 2.30. The van der Waals surface area contributed by atoms with Crippen LogP contribution in [-0.2, 0) is 20.8 Å². The number of hydroxylamine groups is 2. The number of hydrazine groups is 1. The molecular formula is C21H29N3O4. The molecule has 1 aromatic rings. The van der Waals surface area contributed by atoms with Crippen molar-refractivity contribution in [2.45, 2.75) is 57.4 Å². The largest absolute Gasteiger partial charge is 0.286 e. The van der Waals surface area contributed by atoms with Crippen LogP contribution in [0.15, 0.2) is 30.3 Å². The number of hydrogen-bond acceptors (Lipinski definition) is 4. The monoisotopic (exact) mass is 387 g/mol. The summed E-state index contributed by atoms with van der Waals surface area (Å²) in [5, 5.41) is 13.6. The van der Waals surface area contributed by atoms with Gasteiger partial charge in [-0.05, 0) is 24.3 Å². The molecule has 3 amide bonds. The van der Waals surface area contributed by atoms with Gasteiger partial charge in [-0.25, -0.2) is 5.06 Å². The fraction of sp³-hybridized carbons (Fsp3) is 0.571. The molecule has 1 saturated heterocycles. The normalized spacial score (nSPS) is 18.3. The third kappa shape index (κ3) is 5.10. The van der Waals surface area contributed by atoms with Crippen molar-refractivity contribution in [1.29, 1.82) is 0 Å². The molecule has 1 aliphatic carbocycles. The quantitative estimate of drug-likeness (QED) is 0.422. The predicted octanol–water partition coefficient (Wildman–Crippen LogP) is 2.39. The van der Waals surface area contributed by atoms with Crippen LogP contribution in [0.5, 0.6) is 0 Å². The second-order valence-corrected chi connectivity index (χ2v) is 7.78. The Bertz CT molecular complexity index is 675. The summed E-state index contributed by atoms with van der Waals surface area (Å²) in [6, 6.07) is 8.92. The van der Waals surface area contributed by atoms with Crippen molar-refractivity contribution in [2.24, 2.45) is 5.92 Å². The Morgan fingerprint density at radius 1 is 1.07 bits per heavy atom. The van der Waals surface area contributed by atoms with Crippen LogP contribution >= 0.6 is 0 Å². The Morgan fingerprint density at radius 2 is 1.71 bits per heavy atom. The minimum absolute atomic E-state index is 0.0286. The summed E-state index contributed by atoms with van der Waals surface area (Å²) in [5.41, 5.74) is 0.911. The Balaban J connectivity index is 1.61. The third-order valence-electron chi connectivity index (χ3n) is 5.78. The molecule has 1 atom stereocenters. The van der Waals surface area contributed by atoms with E-state index in [0.29, 0.717) is 36.9 Å². The van der Waals surface area contributed by atoms with Crippen LogP contribution in [0.4, 0.5) is 0 Å². The number of hydrogen-bond donors (Lipinski definition) is 1. The SMILES string of the molecule is O=CN(O)C(CC(=O)N1CCCN1C(=O)Cc1ccccc1)CC1CCCC1. The topological polar surface area (TPSA) is 81.2 Å². The molecule has 28 heavy (non-hydrogen) atoms. The maximum Gasteiger partial charge on any atom is 0.245 e. The molecule has 1 aromatic carbocycles. The molecule has 0 bridgehead atoms. The molecule has 1 saturated carbocycles. The van der Waals surface area contributed by atoms with E-state index in [2.05, 4.69) is 0 Å². The van der Waals surface area contributed by atoms with Gasteiger partial charge in [0.2, 0.25) is 18.2 Å². The van der Waals surface area contributed by atoms with Gasteiger partial charge in [-0.2, -0.15) is 0 Å². The van der Waals surface area contributed by atoms with E-state index in [-0.39, 0.29) is 24.7 Å². The summed E-state index contributed by atoms with van der Waals surface area (Å²) in [4.78, 5) is 36.7. The van der Waals surface area contributed by atoms with Crippen molar-refractivity contribution < 1.29 is 19.6 Å². The highest BCUT2D eigenvalue weighted by molar-refractivity contribution is 5.84. The van der Waals surface area contributed by atoms with Gasteiger partial charge < -0.3 is 0 Å². The van der Waals surface area contributed by atoms with Gasteiger partial charge in [0, 0.05) is 13.1 Å². The first kappa shape index (κ1) is 20.3. The van der Waals surface area contributed by atoms with Crippen molar-refractivity contribution in [2.75, 3.05) is 13.1 Å². The fourth-order valence-electron chi connectivity index (χ4n) is 4.30. The number of nitrogens with zero attached hydrogens (tertiary/aromatic N) is 3. The molecule has 7 nitrogen and oxygen atoms in total. The summed E-state index contributed by atoms with van der Waals surface area (Å²) in [5.74, 6) is 0.102. The molecule has 2 aliphatic rings. The molecule has 7 heteroatoms. The molecule has 0 spiro atoms. The first-order chi connectivity index (χ1) is 13.6. The van der Waals surface area contributed by atoms with E-state index >= 15 is 0 Å². The number of carbonyl (C=O) groups is 3. The second-order valence-electron chi connectivity index (χ2n) is 7.78. The molecular weight excluding hydrogens is 358 g/mol. The molecule has 1 aliphatic heterocycles. The lowest BCUT2D eigenvalue weighted by Crippen LogP contribution is -2.47. The molecule has 152 valence electrons. The van der Waals surface area contributed by atoms with Gasteiger partial charge in [0.25, 0.3) is 0 Å². The molecule has 0 aromatic heterocycles. The maximum absolute atomic E-state index is 12.9. The van der Waals surface area contributed by atoms with E-state index in [4.69, 9.17) is 0 Å². The van der Waals surface area contributed by atoms with Crippen molar-refractivity contribution in [3.05, 3.63) is 35.9 Å². The lowest BCUT2D eigenvalue weighted by atomic mass is 9.96. The Morgan fingerprint density at radius 3 is 2.36 bits per heavy atom. The maximum atomic E-state index is 12.9. The minimum Gasteiger partial charge on any atom is -0.286 e. The van der Waals surface area contributed by atoms with E-state index in [0.717, 1.165) is 37.7 Å². The van der Waals surface area contributed by atoms with Crippen LogP contribution in [-0.4, -0.2) is 57.6 Å². The Hall–Kier alpha value is -2.41. The van der Waals surface area contributed by atoms with Crippen LogP contribution in [0.2, 0.25) is 0 Å². The van der Waals surface area contributed by atoms with Crippen molar-refractivity contribution in [1.82, 2.24) is 15.1 Å². The zero-order valence-electron chi connectivity index (χ0n) is 16.2. The van der Waals surface area contributed by atoms with Crippen LogP contribution in [0, 0.1) is 5.92 Å². The molecule has 1 N–H and O–H groups in total. The van der Waals surface area contributed by atoms with E-state index in [1.807, 2.05) is 30.3 Å². The van der Waals surface area contributed by atoms with E-state index in [9.17, 15) is 19.6 Å². The first-order valence-corrected chi connectivity index (χ1v) is 10.2. The van der Waals surface area contributed by atoms with Crippen LogP contribution in [0.1, 0.15) is 50.5 Å². The van der Waals surface area contributed by atoms with Crippen molar-refractivity contribution in [3.63, 3.8) is 0 Å². The van der Waals surface area contributed by atoms with Gasteiger partial charge in [0.15, 0.2) is 0 Å². The summed E-state index contributed by atoms with van der Waals surface area (Å²) >= 11 is 0. The van der Waals surface area contributed by atoms with E-state index < -0.39 is 6.04 Å². The number of benzene rings is 1. The summed E-state index contributed by atoms with van der Waals surface area (Å²) in [7, 11) is 0. The lowest BCUT2D eigenvalue weighted by Gasteiger charge is -2.31. The van der Waals surface area contributed by atoms with Crippen molar-refractivity contribution >= 4 is 18.2 Å². The minimum atomic E-state index is -0.542. The van der Waals surface area contributed by atoms with Gasteiger partial charge in [-0.3, -0.25) is 29.6 Å². The van der Waals surface area contributed by atoms with Gasteiger partial charge in [0.1, 0.15) is 0 Å². The number of rotatable bonds is 8. The summed E-state index contributed by atoms with van der Waals surface area (Å²) in [6.07, 6.45) is 6.46. The molecule has 1 unspecified atom stereocenters. The Kier molecular flexibility index (Phi) is 7.03. The average Bonchev–Trinajstić information content (AvgIpc) is 3.39. The second kappa shape index (κ2) is 9.68. The molecule has 1 heterocycles. The molecule has 2 fully saturated rings. The molecule has 0 radical (unpaired) electrons. The first-order valence-electron chi connectivity index (χ1n) is 10.2. The highest BCUT2D eigenvalue weighted by Gasteiger charge is 2.33. The van der Waals surface area contributed by atoms with Crippen LogP contribution < -0.4 is 0 Å². The van der Waals surface area contributed by atoms with E-state index in [1.165, 1.54) is 10.0 Å². The zero-order chi connectivity index (χ0) is 19.9. The molecule has 3 rings (SSSR count). The third-order valence-corrected chi connectivity index (χ3v) is 5.78. The fourth-order valence-corrected chi connectivity index (χ4v) is 4.30. The highest BCUT2D eigenvalue weighted by atomic mass is 16.5. The van der Waals surface area contributed by atoms with Crippen molar-refractivity contribution in [3.8, 4) is 0 Å². The summed E-state index contributed by atoms with van der Waals surface area (Å²) < 4.78 is 0. The lowest BCUT2D eigenvalue weighted by molar-refractivity contribution is -0.170. The smallest absolute Gasteiger partial charge is 0.245 e. The van der Waals surface area contributed by atoms with Gasteiger partial charge >= 0.3 is 0 Å². The number of carbonyl (C=O) groups excluding carboxylic acids is 3. The van der Waals surface area contributed by atoms with E-state index in [1.54, 1.807) is 0 Å². The van der Waals surface area contributed by atoms with Crippen LogP contribution in [0.25, 0.3) is 0 Å². The Labute approximate surface area is 165 Å². The standard InChI is InChI=1S/C21H29N3O4/c25-16-24(28)19(13-17-9-4-5-10-17)15-21(27)23-12-6-11-22(23)20(26)14-18-7-2-1-3-8-18/h1-3,7-8,16-17,19,28H,4-6,9-15H2. The predicted molar refractivity (Wildman–Crippen MR) is 103 cm³/mol. The summed E-state index contributed by atoms with van der Waals surface area (Å²) in [6.45, 7) is 1.00. The van der Waals surface area contributed by atoms with Crippen LogP contribution in [0.3, 0.4) is 0 Å². The zero-order valence-corrected chi connectivity index (χ0v) is 16.2. The van der Waals surface area contributed by atoms with Gasteiger partial charge in [-0.15, -0.1) is 0 Å².